The first-order chi connectivity index (χ1) is 7.72. The Morgan fingerprint density at radius 2 is 1.72 bits per heavy atom. The Hall–Kier alpha value is -1.91. The minimum atomic E-state index is -10.1. The zero-order chi connectivity index (χ0) is 14.4. The van der Waals surface area contributed by atoms with Gasteiger partial charge in [-0.1, -0.05) is 19.4 Å². The molecular weight excluding hydrogens is 289 g/mol. The van der Waals surface area contributed by atoms with Gasteiger partial charge in [-0.25, -0.2) is 4.79 Å². The molecule has 0 radical (unpaired) electrons. The highest BCUT2D eigenvalue weighted by atomic mass is 32.5. The van der Waals surface area contributed by atoms with Crippen LogP contribution in [-0.2, 0) is 0 Å². The van der Waals surface area contributed by atoms with Crippen LogP contribution >= 0.6 is 10.2 Å². The van der Waals surface area contributed by atoms with E-state index < -0.39 is 43.3 Å². The highest BCUT2D eigenvalue weighted by Gasteiger charge is 2.66. The number of hydrogen-bond donors (Lipinski definition) is 1. The minimum absolute atomic E-state index is 0.119. The monoisotopic (exact) mass is 293 g/mol. The van der Waals surface area contributed by atoms with E-state index in [1.54, 1.807) is 0 Å². The van der Waals surface area contributed by atoms with Gasteiger partial charge in [0.2, 0.25) is 0 Å². The Kier molecular flexibility index (Phi) is 2.44. The molecule has 0 aliphatic rings. The third kappa shape index (κ3) is 2.85. The molecule has 1 N–H and O–H groups in total. The number of carbonyl (C=O) groups is 1. The van der Waals surface area contributed by atoms with E-state index in [4.69, 9.17) is 5.11 Å². The lowest BCUT2D eigenvalue weighted by Crippen LogP contribution is -2.09. The van der Waals surface area contributed by atoms with Crippen LogP contribution in [-0.4, -0.2) is 16.0 Å². The van der Waals surface area contributed by atoms with E-state index in [1.807, 2.05) is 0 Å². The molecule has 0 bridgehead atoms. The summed E-state index contributed by atoms with van der Waals surface area (Å²) in [6.07, 6.45) is 0. The lowest BCUT2D eigenvalue weighted by Gasteiger charge is -2.40. The van der Waals surface area contributed by atoms with E-state index in [9.17, 15) is 34.3 Å². The van der Waals surface area contributed by atoms with Crippen molar-refractivity contribution in [2.24, 2.45) is 0 Å². The summed E-state index contributed by atoms with van der Waals surface area (Å²) in [6.45, 7) is 0. The molecule has 0 heterocycles. The molecule has 0 atom stereocenters. The van der Waals surface area contributed by atoms with Crippen molar-refractivity contribution < 1.29 is 34.3 Å². The van der Waals surface area contributed by atoms with Crippen molar-refractivity contribution in [1.82, 2.24) is 0 Å². The van der Waals surface area contributed by atoms with E-state index in [2.05, 4.69) is 0 Å². The number of nitro groups is 1. The summed E-state index contributed by atoms with van der Waals surface area (Å²) in [5.41, 5.74) is -2.65. The van der Waals surface area contributed by atoms with Crippen LogP contribution in [0.5, 0.6) is 0 Å². The molecule has 5 nitrogen and oxygen atoms in total. The second-order valence-electron chi connectivity index (χ2n) is 3.21. The fourth-order valence-corrected chi connectivity index (χ4v) is 1.74. The molecule has 102 valence electrons. The van der Waals surface area contributed by atoms with Crippen molar-refractivity contribution in [3.63, 3.8) is 0 Å². The molecule has 0 aromatic heterocycles. The van der Waals surface area contributed by atoms with Crippen molar-refractivity contribution in [2.75, 3.05) is 0 Å². The second kappa shape index (κ2) is 3.10. The molecule has 18 heavy (non-hydrogen) atoms. The number of carboxylic acid groups (broad SMARTS) is 1. The van der Waals surface area contributed by atoms with E-state index in [0.717, 1.165) is 0 Å². The molecule has 0 spiro atoms. The van der Waals surface area contributed by atoms with Gasteiger partial charge in [-0.15, -0.1) is 0 Å². The largest absolute Gasteiger partial charge is 0.477 e. The van der Waals surface area contributed by atoms with Gasteiger partial charge in [0.25, 0.3) is 5.69 Å². The predicted octanol–water partition coefficient (Wildman–Crippen LogP) is 3.95. The second-order valence-corrected chi connectivity index (χ2v) is 5.62. The predicted molar refractivity (Wildman–Crippen MR) is 51.5 cm³/mol. The maximum Gasteiger partial charge on any atom is 0.342 e. The third-order valence-corrected chi connectivity index (χ3v) is 2.99. The summed E-state index contributed by atoms with van der Waals surface area (Å²) in [6, 6.07) is -0.559. The highest BCUT2D eigenvalue weighted by Crippen LogP contribution is 3.02. The molecule has 1 aromatic rings. The van der Waals surface area contributed by atoms with E-state index in [-0.39, 0.29) is 12.1 Å². The molecule has 0 aliphatic heterocycles. The molecule has 0 saturated heterocycles. The number of benzene rings is 1. The first-order valence-electron chi connectivity index (χ1n) is 3.98. The maximum atomic E-state index is 12.4. The molecule has 0 amide bonds. The Labute approximate surface area is 95.7 Å². The fourth-order valence-electron chi connectivity index (χ4n) is 1.08. The average Bonchev–Trinajstić information content (AvgIpc) is 2.13. The summed E-state index contributed by atoms with van der Waals surface area (Å²) in [5.74, 6) is -1.89. The zero-order valence-corrected chi connectivity index (χ0v) is 8.97. The molecule has 1 aromatic carbocycles. The van der Waals surface area contributed by atoms with Crippen LogP contribution in [0.4, 0.5) is 25.1 Å². The van der Waals surface area contributed by atoms with E-state index in [1.165, 1.54) is 0 Å². The summed E-state index contributed by atoms with van der Waals surface area (Å²) in [5, 5.41) is 18.8. The van der Waals surface area contributed by atoms with Gasteiger partial charge in [0.1, 0.15) is 10.5 Å². The summed E-state index contributed by atoms with van der Waals surface area (Å²) >= 11 is 0. The molecule has 11 heteroatoms. The number of nitrogens with zero attached hydrogens (tertiary/aromatic N) is 1. The van der Waals surface area contributed by atoms with Crippen molar-refractivity contribution >= 4 is 21.9 Å². The molecule has 0 saturated carbocycles. The Balaban J connectivity index is 3.63. The number of hydrogen-bond acceptors (Lipinski definition) is 3. The first kappa shape index (κ1) is 14.2. The van der Waals surface area contributed by atoms with Crippen LogP contribution in [0.3, 0.4) is 0 Å². The van der Waals surface area contributed by atoms with Gasteiger partial charge in [-0.2, -0.15) is 0 Å². The number of rotatable bonds is 3. The van der Waals surface area contributed by atoms with Gasteiger partial charge < -0.3 is 5.11 Å². The van der Waals surface area contributed by atoms with Crippen LogP contribution in [0.25, 0.3) is 0 Å². The van der Waals surface area contributed by atoms with Crippen LogP contribution in [0.2, 0.25) is 0 Å². The standard InChI is InChI=1S/C7H4F5NO4S/c8-18(9,10,11,12)4-1-2-5(7(14)15)6(3-4)13(16)17/h1-3H,(H,14,15). The molecule has 0 unspecified atom stereocenters. The van der Waals surface area contributed by atoms with Crippen molar-refractivity contribution in [3.05, 3.63) is 33.9 Å². The van der Waals surface area contributed by atoms with Gasteiger partial charge in [0.05, 0.1) is 4.92 Å². The van der Waals surface area contributed by atoms with Crippen LogP contribution < -0.4 is 0 Å². The molecular formula is C7H4F5NO4S. The minimum Gasteiger partial charge on any atom is -0.477 e. The zero-order valence-electron chi connectivity index (χ0n) is 8.15. The van der Waals surface area contributed by atoms with E-state index >= 15 is 0 Å². The lowest BCUT2D eigenvalue weighted by molar-refractivity contribution is -0.385. The van der Waals surface area contributed by atoms with Crippen molar-refractivity contribution in [3.8, 4) is 0 Å². The normalized spacial score (nSPS) is 15.6. The number of carboxylic acids is 1. The van der Waals surface area contributed by atoms with Gasteiger partial charge >= 0.3 is 16.2 Å². The van der Waals surface area contributed by atoms with Crippen LogP contribution in [0.15, 0.2) is 23.1 Å². The van der Waals surface area contributed by atoms with Crippen LogP contribution in [0.1, 0.15) is 10.4 Å². The smallest absolute Gasteiger partial charge is 0.342 e. The highest BCUT2D eigenvalue weighted by molar-refractivity contribution is 8.45. The summed E-state index contributed by atoms with van der Waals surface area (Å²) in [4.78, 5) is 16.9. The lowest BCUT2D eigenvalue weighted by atomic mass is 10.2. The quantitative estimate of drug-likeness (QED) is 0.519. The van der Waals surface area contributed by atoms with Crippen molar-refractivity contribution in [2.45, 2.75) is 4.90 Å². The summed E-state index contributed by atoms with van der Waals surface area (Å²) in [7, 11) is -10.1. The number of halogens is 5. The SMILES string of the molecule is O=C(O)c1ccc(S(F)(F)(F)(F)F)cc1[N+](=O)[O-]. The van der Waals surface area contributed by atoms with Gasteiger partial charge in [0.15, 0.2) is 0 Å². The fraction of sp³-hybridized carbons (Fsp3) is 0. The van der Waals surface area contributed by atoms with Gasteiger partial charge in [0, 0.05) is 6.07 Å². The Morgan fingerprint density at radius 3 is 2.06 bits per heavy atom. The van der Waals surface area contributed by atoms with Gasteiger partial charge in [-0.3, -0.25) is 10.1 Å². The molecule has 0 aliphatic carbocycles. The molecule has 1 rings (SSSR count). The van der Waals surface area contributed by atoms with Gasteiger partial charge in [-0.05, 0) is 12.1 Å². The molecule has 0 fully saturated rings. The number of nitro benzene ring substituents is 1. The average molecular weight is 293 g/mol. The Bertz CT molecular complexity index is 554. The first-order valence-corrected chi connectivity index (χ1v) is 5.93. The number of aromatic carboxylic acids is 1. The van der Waals surface area contributed by atoms with Crippen LogP contribution in [0, 0.1) is 10.1 Å². The topological polar surface area (TPSA) is 80.4 Å². The Morgan fingerprint density at radius 1 is 1.22 bits per heavy atom. The van der Waals surface area contributed by atoms with E-state index in [0.29, 0.717) is 0 Å². The third-order valence-electron chi connectivity index (χ3n) is 1.84. The summed E-state index contributed by atoms with van der Waals surface area (Å²) < 4.78 is 61.8. The maximum absolute atomic E-state index is 12.4. The van der Waals surface area contributed by atoms with Crippen molar-refractivity contribution in [1.29, 1.82) is 0 Å².